The molecule has 0 bridgehead atoms. The van der Waals surface area contributed by atoms with Crippen molar-refractivity contribution in [2.24, 2.45) is 17.6 Å². The van der Waals surface area contributed by atoms with E-state index in [1.165, 1.54) is 31.4 Å². The number of nitrogens with one attached hydrogen (secondary N) is 1. The molecule has 29 heavy (non-hydrogen) atoms. The van der Waals surface area contributed by atoms with Crippen LogP contribution in [0.3, 0.4) is 0 Å². The van der Waals surface area contributed by atoms with Crippen molar-refractivity contribution in [1.29, 1.82) is 5.26 Å². The molecule has 3 N–H and O–H groups in total. The van der Waals surface area contributed by atoms with Gasteiger partial charge in [-0.25, -0.2) is 4.39 Å². The molecule has 1 aromatic carbocycles. The Bertz CT molecular complexity index is 914. The second kappa shape index (κ2) is 8.21. The number of likely N-dealkylation sites (tertiary alicyclic amines) is 1. The zero-order chi connectivity index (χ0) is 20.4. The number of primary amides is 1. The highest BCUT2D eigenvalue weighted by atomic mass is 19.1. The zero-order valence-corrected chi connectivity index (χ0v) is 16.2. The third kappa shape index (κ3) is 4.25. The lowest BCUT2D eigenvalue weighted by atomic mass is 9.84. The molecule has 2 aromatic rings. The molecule has 1 aliphatic heterocycles. The first-order valence-corrected chi connectivity index (χ1v) is 10.1. The average molecular weight is 396 g/mol. The fourth-order valence-corrected chi connectivity index (χ4v) is 4.13. The van der Waals surface area contributed by atoms with Crippen molar-refractivity contribution in [2.45, 2.75) is 31.7 Å². The van der Waals surface area contributed by atoms with Crippen LogP contribution in [0.1, 0.15) is 42.1 Å². The molecular weight excluding hydrogens is 371 g/mol. The van der Waals surface area contributed by atoms with E-state index in [0.29, 0.717) is 11.5 Å². The van der Waals surface area contributed by atoms with E-state index in [9.17, 15) is 14.4 Å². The van der Waals surface area contributed by atoms with Crippen LogP contribution in [-0.4, -0.2) is 40.2 Å². The van der Waals surface area contributed by atoms with Crippen molar-refractivity contribution in [2.75, 3.05) is 25.0 Å². The minimum Gasteiger partial charge on any atom is -0.365 e. The summed E-state index contributed by atoms with van der Waals surface area (Å²) in [4.78, 5) is 14.4. The number of piperidine rings is 1. The SMILES string of the molecule is N#CC1CCN(CC2CCC2)CC1n1cc(C(N)=O)c(Nc2ccc(F)cc2)n1. The lowest BCUT2D eigenvalue weighted by molar-refractivity contribution is 0.0995. The van der Waals surface area contributed by atoms with Gasteiger partial charge < -0.3 is 16.0 Å². The molecule has 0 spiro atoms. The van der Waals surface area contributed by atoms with E-state index in [0.717, 1.165) is 32.0 Å². The fraction of sp³-hybridized carbons (Fsp3) is 0.476. The summed E-state index contributed by atoms with van der Waals surface area (Å²) in [5.74, 6) is -0.0500. The first kappa shape index (κ1) is 19.4. The fourth-order valence-electron chi connectivity index (χ4n) is 4.13. The van der Waals surface area contributed by atoms with E-state index in [4.69, 9.17) is 5.73 Å². The maximum absolute atomic E-state index is 13.2. The van der Waals surface area contributed by atoms with Gasteiger partial charge in [-0.15, -0.1) is 0 Å². The van der Waals surface area contributed by atoms with Gasteiger partial charge in [-0.3, -0.25) is 9.48 Å². The number of aromatic nitrogens is 2. The summed E-state index contributed by atoms with van der Waals surface area (Å²) >= 11 is 0. The largest absolute Gasteiger partial charge is 0.365 e. The Labute approximate surface area is 169 Å². The highest BCUT2D eigenvalue weighted by Crippen LogP contribution is 2.33. The minimum absolute atomic E-state index is 0.143. The topological polar surface area (TPSA) is 100.0 Å². The molecule has 1 aromatic heterocycles. The van der Waals surface area contributed by atoms with Crippen molar-refractivity contribution in [3.05, 3.63) is 41.8 Å². The zero-order valence-electron chi connectivity index (χ0n) is 16.2. The van der Waals surface area contributed by atoms with Gasteiger partial charge in [0.05, 0.1) is 18.0 Å². The highest BCUT2D eigenvalue weighted by molar-refractivity contribution is 5.98. The third-order valence-corrected chi connectivity index (χ3v) is 6.02. The second-order valence-corrected chi connectivity index (χ2v) is 8.02. The number of amides is 1. The molecule has 2 unspecified atom stereocenters. The molecule has 1 amide bonds. The van der Waals surface area contributed by atoms with Crippen molar-refractivity contribution in [1.82, 2.24) is 14.7 Å². The lowest BCUT2D eigenvalue weighted by Crippen LogP contribution is -2.44. The summed E-state index contributed by atoms with van der Waals surface area (Å²) in [6.45, 7) is 2.69. The van der Waals surface area contributed by atoms with Gasteiger partial charge in [0.1, 0.15) is 11.4 Å². The molecule has 152 valence electrons. The standard InChI is InChI=1S/C21H25FN6O/c22-16-4-6-17(7-5-16)25-21-18(20(24)29)12-28(26-21)19-13-27(9-8-15(19)10-23)11-14-2-1-3-14/h4-7,12,14-15,19H,1-3,8-9,11,13H2,(H2,24,29)(H,25,26). The molecule has 1 saturated carbocycles. The Morgan fingerprint density at radius 2 is 2.07 bits per heavy atom. The van der Waals surface area contributed by atoms with Gasteiger partial charge in [-0.1, -0.05) is 6.42 Å². The molecule has 7 nitrogen and oxygen atoms in total. The molecule has 2 aliphatic rings. The van der Waals surface area contributed by atoms with Crippen molar-refractivity contribution in [3.63, 3.8) is 0 Å². The van der Waals surface area contributed by atoms with Crippen LogP contribution in [0.25, 0.3) is 0 Å². The number of nitrogens with two attached hydrogens (primary N) is 1. The van der Waals surface area contributed by atoms with Gasteiger partial charge >= 0.3 is 0 Å². The Morgan fingerprint density at radius 3 is 2.69 bits per heavy atom. The number of nitrogens with zero attached hydrogens (tertiary/aromatic N) is 4. The Kier molecular flexibility index (Phi) is 5.49. The van der Waals surface area contributed by atoms with E-state index in [1.807, 2.05) is 0 Å². The number of benzene rings is 1. The Balaban J connectivity index is 1.57. The van der Waals surface area contributed by atoms with Gasteiger partial charge in [0.15, 0.2) is 5.82 Å². The number of carbonyl (C=O) groups is 1. The number of rotatable bonds is 6. The van der Waals surface area contributed by atoms with E-state index >= 15 is 0 Å². The molecule has 2 atom stereocenters. The van der Waals surface area contributed by atoms with Gasteiger partial charge in [0.25, 0.3) is 5.91 Å². The predicted octanol–water partition coefficient (Wildman–Crippen LogP) is 3.05. The molecule has 0 radical (unpaired) electrons. The summed E-state index contributed by atoms with van der Waals surface area (Å²) in [7, 11) is 0. The van der Waals surface area contributed by atoms with E-state index in [-0.39, 0.29) is 23.3 Å². The summed E-state index contributed by atoms with van der Waals surface area (Å²) < 4.78 is 14.9. The second-order valence-electron chi connectivity index (χ2n) is 8.02. The number of hydrogen-bond donors (Lipinski definition) is 2. The van der Waals surface area contributed by atoms with Crippen molar-refractivity contribution in [3.8, 4) is 6.07 Å². The van der Waals surface area contributed by atoms with E-state index in [2.05, 4.69) is 21.4 Å². The Hall–Kier alpha value is -2.92. The normalized spacial score (nSPS) is 22.6. The van der Waals surface area contributed by atoms with E-state index in [1.54, 1.807) is 23.0 Å². The van der Waals surface area contributed by atoms with Crippen LogP contribution in [0, 0.1) is 29.0 Å². The maximum atomic E-state index is 13.2. The van der Waals surface area contributed by atoms with Gasteiger partial charge in [-0.2, -0.15) is 10.4 Å². The van der Waals surface area contributed by atoms with Crippen LogP contribution in [-0.2, 0) is 0 Å². The molecular formula is C21H25FN6O. The number of nitriles is 1. The molecule has 1 saturated heterocycles. The van der Waals surface area contributed by atoms with Crippen LogP contribution in [0.2, 0.25) is 0 Å². The van der Waals surface area contributed by atoms with Crippen LogP contribution in [0.5, 0.6) is 0 Å². The van der Waals surface area contributed by atoms with Crippen LogP contribution >= 0.6 is 0 Å². The highest BCUT2D eigenvalue weighted by Gasteiger charge is 2.34. The number of anilines is 2. The maximum Gasteiger partial charge on any atom is 0.254 e. The summed E-state index contributed by atoms with van der Waals surface area (Å²) in [5, 5.41) is 17.2. The first-order valence-electron chi connectivity index (χ1n) is 10.1. The van der Waals surface area contributed by atoms with E-state index < -0.39 is 5.91 Å². The quantitative estimate of drug-likeness (QED) is 0.782. The smallest absolute Gasteiger partial charge is 0.254 e. The van der Waals surface area contributed by atoms with Gasteiger partial charge in [0, 0.05) is 25.0 Å². The van der Waals surface area contributed by atoms with Crippen LogP contribution < -0.4 is 11.1 Å². The van der Waals surface area contributed by atoms with Crippen molar-refractivity contribution < 1.29 is 9.18 Å². The molecule has 4 rings (SSSR count). The first-order chi connectivity index (χ1) is 14.0. The molecule has 2 fully saturated rings. The average Bonchev–Trinajstić information content (AvgIpc) is 3.10. The van der Waals surface area contributed by atoms with Gasteiger partial charge in [-0.05, 0) is 56.0 Å². The summed E-state index contributed by atoms with van der Waals surface area (Å²) in [6, 6.07) is 8.05. The Morgan fingerprint density at radius 1 is 1.31 bits per heavy atom. The number of halogens is 1. The van der Waals surface area contributed by atoms with Crippen molar-refractivity contribution >= 4 is 17.4 Å². The third-order valence-electron chi connectivity index (χ3n) is 6.02. The summed E-state index contributed by atoms with van der Waals surface area (Å²) in [6.07, 6.45) is 6.27. The summed E-state index contributed by atoms with van der Waals surface area (Å²) in [5.41, 5.74) is 6.41. The monoisotopic (exact) mass is 396 g/mol. The number of carbonyl (C=O) groups excluding carboxylic acids is 1. The lowest BCUT2D eigenvalue weighted by Gasteiger charge is -2.39. The molecule has 8 heteroatoms. The molecule has 1 aliphatic carbocycles. The van der Waals surface area contributed by atoms with Gasteiger partial charge in [0.2, 0.25) is 0 Å². The number of hydrogen-bond acceptors (Lipinski definition) is 5. The molecule has 2 heterocycles. The van der Waals surface area contributed by atoms with Crippen LogP contribution in [0.4, 0.5) is 15.9 Å². The minimum atomic E-state index is -0.600. The predicted molar refractivity (Wildman–Crippen MR) is 107 cm³/mol. The van der Waals surface area contributed by atoms with Crippen LogP contribution in [0.15, 0.2) is 30.5 Å².